The second-order valence-electron chi connectivity index (χ2n) is 3.62. The fourth-order valence-corrected chi connectivity index (χ4v) is 2.12. The van der Waals surface area contributed by atoms with Crippen molar-refractivity contribution in [3.63, 3.8) is 0 Å². The Balaban J connectivity index is 3.27. The van der Waals surface area contributed by atoms with Crippen molar-refractivity contribution in [3.05, 3.63) is 29.8 Å². The molecular formula is C8H7F5NO3S2-. The zero-order valence-corrected chi connectivity index (χ0v) is 10.8. The van der Waals surface area contributed by atoms with Gasteiger partial charge in [0, 0.05) is 5.90 Å². The minimum absolute atomic E-state index is 0.00654. The lowest BCUT2D eigenvalue weighted by Crippen LogP contribution is -2.20. The molecule has 0 aliphatic carbocycles. The molecule has 0 saturated carbocycles. The topological polar surface area (TPSA) is 69.6 Å². The summed E-state index contributed by atoms with van der Waals surface area (Å²) in [7, 11) is -13.8. The van der Waals surface area contributed by atoms with Gasteiger partial charge in [-0.3, -0.25) is 0 Å². The first-order valence-corrected chi connectivity index (χ1v) is 8.20. The van der Waals surface area contributed by atoms with E-state index in [1.165, 1.54) is 0 Å². The molecule has 4 nitrogen and oxygen atoms in total. The second-order valence-corrected chi connectivity index (χ2v) is 7.68. The highest BCUT2D eigenvalue weighted by Gasteiger charge is 2.65. The summed E-state index contributed by atoms with van der Waals surface area (Å²) >= 11 is 0. The third-order valence-electron chi connectivity index (χ3n) is 1.80. The number of benzene rings is 1. The van der Waals surface area contributed by atoms with Crippen LogP contribution < -0.4 is 5.11 Å². The summed E-state index contributed by atoms with van der Waals surface area (Å²) in [6.45, 7) is 0. The standard InChI is InChI=1S/C8H8F5NO3S2/c1-18(16,17)14-8(15)6-2-4-7(5-3-6)19(9,10,11,12)13/h2-5H,1H3,(H,14,15)/p-1. The van der Waals surface area contributed by atoms with Crippen LogP contribution in [0.3, 0.4) is 0 Å². The van der Waals surface area contributed by atoms with Crippen molar-refractivity contribution in [2.24, 2.45) is 4.40 Å². The van der Waals surface area contributed by atoms with E-state index in [1.54, 1.807) is 0 Å². The summed E-state index contributed by atoms with van der Waals surface area (Å²) in [5.74, 6) is -1.34. The molecule has 0 fully saturated rings. The van der Waals surface area contributed by atoms with Crippen LogP contribution in [0.15, 0.2) is 33.6 Å². The van der Waals surface area contributed by atoms with E-state index in [0.29, 0.717) is 18.4 Å². The summed E-state index contributed by atoms with van der Waals surface area (Å²) in [5, 5.41) is 11.2. The van der Waals surface area contributed by atoms with Crippen molar-refractivity contribution < 1.29 is 33.0 Å². The van der Waals surface area contributed by atoms with E-state index in [9.17, 15) is 33.0 Å². The molecule has 0 aromatic heterocycles. The number of hydrogen-bond donors (Lipinski definition) is 0. The van der Waals surface area contributed by atoms with Crippen LogP contribution in [-0.2, 0) is 10.0 Å². The van der Waals surface area contributed by atoms with Gasteiger partial charge in [0.05, 0.1) is 6.26 Å². The van der Waals surface area contributed by atoms with Crippen LogP contribution >= 0.6 is 10.2 Å². The molecule has 0 spiro atoms. The maximum absolute atomic E-state index is 12.3. The lowest BCUT2D eigenvalue weighted by molar-refractivity contribution is -0.212. The summed E-state index contributed by atoms with van der Waals surface area (Å²) in [6.07, 6.45) is 0.605. The maximum atomic E-state index is 12.3. The zero-order valence-electron chi connectivity index (χ0n) is 9.19. The molecule has 0 amide bonds. The predicted molar refractivity (Wildman–Crippen MR) is 59.2 cm³/mol. The highest BCUT2D eigenvalue weighted by molar-refractivity contribution is 8.45. The number of halogens is 5. The summed E-state index contributed by atoms with van der Waals surface area (Å²) in [6, 6.07) is 0.883. The normalized spacial score (nSPS) is 17.7. The van der Waals surface area contributed by atoms with E-state index in [1.807, 2.05) is 0 Å². The third kappa shape index (κ3) is 4.67. The van der Waals surface area contributed by atoms with Crippen LogP contribution in [-0.4, -0.2) is 20.6 Å². The van der Waals surface area contributed by atoms with Crippen LogP contribution in [0.4, 0.5) is 19.4 Å². The Hall–Kier alpha value is -1.36. The summed E-state index contributed by atoms with van der Waals surface area (Å²) in [4.78, 5) is -2.17. The van der Waals surface area contributed by atoms with Gasteiger partial charge in [-0.15, -0.1) is 0 Å². The monoisotopic (exact) mass is 324 g/mol. The van der Waals surface area contributed by atoms with Gasteiger partial charge in [-0.25, -0.2) is 8.42 Å². The maximum Gasteiger partial charge on any atom is 0.310 e. The Morgan fingerprint density at radius 1 is 1.11 bits per heavy atom. The number of hydrogen-bond acceptors (Lipinski definition) is 3. The smallest absolute Gasteiger partial charge is 0.310 e. The van der Waals surface area contributed by atoms with E-state index < -0.39 is 36.6 Å². The predicted octanol–water partition coefficient (Wildman–Crippen LogP) is 2.41. The Bertz CT molecular complexity index is 633. The van der Waals surface area contributed by atoms with Crippen molar-refractivity contribution in [3.8, 4) is 0 Å². The quantitative estimate of drug-likeness (QED) is 0.487. The second kappa shape index (κ2) is 3.60. The molecule has 1 aromatic carbocycles. The molecule has 0 atom stereocenters. The minimum atomic E-state index is -9.80. The first-order valence-electron chi connectivity index (χ1n) is 4.40. The lowest BCUT2D eigenvalue weighted by Gasteiger charge is -2.40. The van der Waals surface area contributed by atoms with Gasteiger partial charge in [-0.05, 0) is 17.7 Å². The third-order valence-corrected chi connectivity index (χ3v) is 3.46. The fraction of sp³-hybridized carbons (Fsp3) is 0.125. The van der Waals surface area contributed by atoms with Gasteiger partial charge >= 0.3 is 10.2 Å². The van der Waals surface area contributed by atoms with E-state index in [2.05, 4.69) is 4.40 Å². The van der Waals surface area contributed by atoms with Crippen LogP contribution in [0, 0.1) is 0 Å². The Morgan fingerprint density at radius 2 is 1.53 bits per heavy atom. The Labute approximate surface area is 105 Å². The zero-order chi connectivity index (χ0) is 15.2. The molecule has 0 heterocycles. The van der Waals surface area contributed by atoms with Gasteiger partial charge in [0.1, 0.15) is 4.90 Å². The van der Waals surface area contributed by atoms with Gasteiger partial charge in [-0.2, -0.15) is 4.40 Å². The molecule has 1 rings (SSSR count). The minimum Gasteiger partial charge on any atom is -0.858 e. The molecule has 0 saturated heterocycles. The molecule has 0 N–H and O–H groups in total. The van der Waals surface area contributed by atoms with Crippen LogP contribution in [0.25, 0.3) is 0 Å². The number of rotatable bonds is 3. The highest BCUT2D eigenvalue weighted by Crippen LogP contribution is 3.02. The number of nitrogens with zero attached hydrogens (tertiary/aromatic N) is 1. The molecule has 0 radical (unpaired) electrons. The highest BCUT2D eigenvalue weighted by atomic mass is 32.5. The van der Waals surface area contributed by atoms with Gasteiger partial charge in [0.15, 0.2) is 0 Å². The van der Waals surface area contributed by atoms with Crippen molar-refractivity contribution in [2.45, 2.75) is 4.90 Å². The van der Waals surface area contributed by atoms with Crippen LogP contribution in [0.1, 0.15) is 5.56 Å². The molecule has 0 aliphatic rings. The molecule has 19 heavy (non-hydrogen) atoms. The molecular weight excluding hydrogens is 317 g/mol. The van der Waals surface area contributed by atoms with Crippen molar-refractivity contribution in [1.82, 2.24) is 0 Å². The lowest BCUT2D eigenvalue weighted by atomic mass is 10.2. The van der Waals surface area contributed by atoms with Crippen LogP contribution in [0.5, 0.6) is 0 Å². The van der Waals surface area contributed by atoms with Crippen LogP contribution in [0.2, 0.25) is 0 Å². The average molecular weight is 324 g/mol. The molecule has 0 unspecified atom stereocenters. The molecule has 0 aliphatic heterocycles. The Kier molecular flexibility index (Phi) is 2.97. The Morgan fingerprint density at radius 3 is 1.84 bits per heavy atom. The SMILES string of the molecule is CS(=O)(=O)/N=C(\[O-])c1ccc(S(F)(F)(F)(F)F)cc1. The fourth-order valence-electron chi connectivity index (χ4n) is 1.06. The number of sulfonamides is 1. The van der Waals surface area contributed by atoms with Crippen molar-refractivity contribution >= 4 is 26.1 Å². The van der Waals surface area contributed by atoms with E-state index >= 15 is 0 Å². The first kappa shape index (κ1) is 15.7. The van der Waals surface area contributed by atoms with Gasteiger partial charge in [-0.1, -0.05) is 31.6 Å². The molecule has 1 aromatic rings. The molecule has 0 bridgehead atoms. The van der Waals surface area contributed by atoms with E-state index in [0.717, 1.165) is 0 Å². The van der Waals surface area contributed by atoms with Gasteiger partial charge in [0.25, 0.3) is 0 Å². The van der Waals surface area contributed by atoms with Crippen molar-refractivity contribution in [2.75, 3.05) is 6.26 Å². The largest absolute Gasteiger partial charge is 0.858 e. The average Bonchev–Trinajstić information content (AvgIpc) is 2.11. The molecule has 11 heteroatoms. The summed E-state index contributed by atoms with van der Waals surface area (Å²) < 4.78 is 85.7. The van der Waals surface area contributed by atoms with Gasteiger partial charge in [0.2, 0.25) is 10.0 Å². The van der Waals surface area contributed by atoms with E-state index in [4.69, 9.17) is 0 Å². The first-order chi connectivity index (χ1) is 8.08. The van der Waals surface area contributed by atoms with Crippen molar-refractivity contribution in [1.29, 1.82) is 0 Å². The summed E-state index contributed by atoms with van der Waals surface area (Å²) in [5.41, 5.74) is -0.545. The van der Waals surface area contributed by atoms with E-state index in [-0.39, 0.29) is 12.1 Å². The molecule has 110 valence electrons. The van der Waals surface area contributed by atoms with Gasteiger partial charge < -0.3 is 5.11 Å².